The van der Waals surface area contributed by atoms with E-state index in [2.05, 4.69) is 15.0 Å². The number of carboxylic acids is 1. The summed E-state index contributed by atoms with van der Waals surface area (Å²) in [6.45, 7) is 3.64. The van der Waals surface area contributed by atoms with Crippen LogP contribution in [0.15, 0.2) is 12.3 Å². The molecule has 0 spiro atoms. The molecule has 2 heterocycles. The molecule has 110 valence electrons. The van der Waals surface area contributed by atoms with E-state index in [9.17, 15) is 4.79 Å². The van der Waals surface area contributed by atoms with E-state index in [1.165, 1.54) is 6.20 Å². The highest BCUT2D eigenvalue weighted by molar-refractivity contribution is 6.35. The molecule has 2 aromatic rings. The summed E-state index contributed by atoms with van der Waals surface area (Å²) in [4.78, 5) is 23.6. The van der Waals surface area contributed by atoms with Crippen LogP contribution in [0.2, 0.25) is 10.0 Å². The average molecular weight is 326 g/mol. The Bertz CT molecular complexity index is 682. The monoisotopic (exact) mass is 325 g/mol. The maximum atomic E-state index is 10.7. The van der Waals surface area contributed by atoms with Gasteiger partial charge >= 0.3 is 5.97 Å². The van der Waals surface area contributed by atoms with Crippen LogP contribution in [0.5, 0.6) is 0 Å². The van der Waals surface area contributed by atoms with Crippen molar-refractivity contribution in [1.29, 1.82) is 0 Å². The Morgan fingerprint density at radius 3 is 2.38 bits per heavy atom. The number of pyridine rings is 1. The van der Waals surface area contributed by atoms with Gasteiger partial charge in [0.05, 0.1) is 10.0 Å². The molecular formula is C14H13Cl2N3O2. The van der Waals surface area contributed by atoms with Gasteiger partial charge in [-0.2, -0.15) is 0 Å². The molecule has 0 atom stereocenters. The summed E-state index contributed by atoms with van der Waals surface area (Å²) < 4.78 is 0. The molecule has 0 bridgehead atoms. The SMILES string of the molecule is Cc1nc(-c2ncc(Cl)cc2Cl)nc(C)c1CCC(=O)O. The van der Waals surface area contributed by atoms with E-state index in [-0.39, 0.29) is 6.42 Å². The van der Waals surface area contributed by atoms with Gasteiger partial charge < -0.3 is 5.11 Å². The van der Waals surface area contributed by atoms with E-state index in [0.717, 1.165) is 17.0 Å². The summed E-state index contributed by atoms with van der Waals surface area (Å²) in [5, 5.41) is 9.59. The number of hydrogen-bond donors (Lipinski definition) is 1. The molecule has 5 nitrogen and oxygen atoms in total. The van der Waals surface area contributed by atoms with Crippen LogP contribution in [0, 0.1) is 13.8 Å². The first kappa shape index (κ1) is 15.7. The molecule has 0 aromatic carbocycles. The van der Waals surface area contributed by atoms with Gasteiger partial charge in [0.15, 0.2) is 5.82 Å². The van der Waals surface area contributed by atoms with Gasteiger partial charge in [0.1, 0.15) is 5.69 Å². The smallest absolute Gasteiger partial charge is 0.303 e. The van der Waals surface area contributed by atoms with Crippen molar-refractivity contribution in [2.75, 3.05) is 0 Å². The van der Waals surface area contributed by atoms with Crippen LogP contribution in [-0.2, 0) is 11.2 Å². The van der Waals surface area contributed by atoms with Crippen molar-refractivity contribution in [2.24, 2.45) is 0 Å². The quantitative estimate of drug-likeness (QED) is 0.931. The van der Waals surface area contributed by atoms with Crippen molar-refractivity contribution in [3.63, 3.8) is 0 Å². The third-order valence-corrected chi connectivity index (χ3v) is 3.52. The van der Waals surface area contributed by atoms with Gasteiger partial charge in [0.2, 0.25) is 0 Å². The molecule has 0 aliphatic carbocycles. The molecule has 1 N–H and O–H groups in total. The Hall–Kier alpha value is -1.72. The standard InChI is InChI=1S/C14H13Cl2N3O2/c1-7-10(3-4-12(20)21)8(2)19-14(18-7)13-11(16)5-9(15)6-17-13/h5-6H,3-4H2,1-2H3,(H,20,21). The third kappa shape index (κ3) is 3.68. The fourth-order valence-electron chi connectivity index (χ4n) is 2.02. The number of aliphatic carboxylic acids is 1. The lowest BCUT2D eigenvalue weighted by atomic mass is 10.1. The number of carboxylic acid groups (broad SMARTS) is 1. The van der Waals surface area contributed by atoms with Gasteiger partial charge in [-0.05, 0) is 31.9 Å². The molecule has 0 unspecified atom stereocenters. The number of carbonyl (C=O) groups is 1. The molecule has 0 amide bonds. The minimum atomic E-state index is -0.847. The first-order chi connectivity index (χ1) is 9.88. The lowest BCUT2D eigenvalue weighted by Crippen LogP contribution is -2.06. The second-order valence-corrected chi connectivity index (χ2v) is 5.42. The average Bonchev–Trinajstić information content (AvgIpc) is 2.37. The van der Waals surface area contributed by atoms with Crippen molar-refractivity contribution in [3.8, 4) is 11.5 Å². The molecule has 7 heteroatoms. The van der Waals surface area contributed by atoms with E-state index >= 15 is 0 Å². The topological polar surface area (TPSA) is 76.0 Å². The molecule has 21 heavy (non-hydrogen) atoms. The minimum absolute atomic E-state index is 0.0460. The molecule has 0 aliphatic rings. The second kappa shape index (κ2) is 6.37. The Labute approximate surface area is 132 Å². The molecular weight excluding hydrogens is 313 g/mol. The summed E-state index contributed by atoms with van der Waals surface area (Å²) in [5.74, 6) is -0.439. The molecule has 0 saturated heterocycles. The highest BCUT2D eigenvalue weighted by Crippen LogP contribution is 2.26. The number of nitrogens with zero attached hydrogens (tertiary/aromatic N) is 3. The maximum absolute atomic E-state index is 10.7. The fourth-order valence-corrected chi connectivity index (χ4v) is 2.48. The Morgan fingerprint density at radius 1 is 1.24 bits per heavy atom. The van der Waals surface area contributed by atoms with E-state index < -0.39 is 5.97 Å². The zero-order valence-corrected chi connectivity index (χ0v) is 13.0. The van der Waals surface area contributed by atoms with Crippen LogP contribution in [0.3, 0.4) is 0 Å². The van der Waals surface area contributed by atoms with Gasteiger partial charge in [0.25, 0.3) is 0 Å². The minimum Gasteiger partial charge on any atom is -0.481 e. The first-order valence-electron chi connectivity index (χ1n) is 6.26. The highest BCUT2D eigenvalue weighted by atomic mass is 35.5. The predicted molar refractivity (Wildman–Crippen MR) is 80.7 cm³/mol. The number of aromatic nitrogens is 3. The summed E-state index contributed by atoms with van der Waals surface area (Å²) in [6, 6.07) is 1.58. The van der Waals surface area contributed by atoms with Crippen molar-refractivity contribution in [3.05, 3.63) is 39.3 Å². The highest BCUT2D eigenvalue weighted by Gasteiger charge is 2.14. The first-order valence-corrected chi connectivity index (χ1v) is 7.01. The van der Waals surface area contributed by atoms with Crippen molar-refractivity contribution in [1.82, 2.24) is 15.0 Å². The zero-order valence-electron chi connectivity index (χ0n) is 11.5. The van der Waals surface area contributed by atoms with Crippen molar-refractivity contribution < 1.29 is 9.90 Å². The van der Waals surface area contributed by atoms with Gasteiger partial charge in [-0.3, -0.25) is 4.79 Å². The van der Waals surface area contributed by atoms with Crippen molar-refractivity contribution >= 4 is 29.2 Å². The molecule has 0 saturated carbocycles. The Kier molecular flexibility index (Phi) is 4.75. The summed E-state index contributed by atoms with van der Waals surface area (Å²) in [6.07, 6.45) is 1.93. The summed E-state index contributed by atoms with van der Waals surface area (Å²) in [5.41, 5.74) is 2.75. The Morgan fingerprint density at radius 2 is 1.86 bits per heavy atom. The second-order valence-electron chi connectivity index (χ2n) is 4.57. The number of aryl methyl sites for hydroxylation is 2. The van der Waals surface area contributed by atoms with Crippen molar-refractivity contribution in [2.45, 2.75) is 26.7 Å². The van der Waals surface area contributed by atoms with E-state index in [1.807, 2.05) is 13.8 Å². The molecule has 0 aliphatic heterocycles. The molecule has 0 radical (unpaired) electrons. The number of hydrogen-bond acceptors (Lipinski definition) is 4. The van der Waals surface area contributed by atoms with Gasteiger partial charge in [0, 0.05) is 24.0 Å². The normalized spacial score (nSPS) is 10.7. The summed E-state index contributed by atoms with van der Waals surface area (Å²) in [7, 11) is 0. The maximum Gasteiger partial charge on any atom is 0.303 e. The Balaban J connectivity index is 2.41. The molecule has 2 rings (SSSR count). The van der Waals surface area contributed by atoms with E-state index in [0.29, 0.717) is 28.0 Å². The van der Waals surface area contributed by atoms with Crippen LogP contribution < -0.4 is 0 Å². The number of halogens is 2. The number of rotatable bonds is 4. The zero-order chi connectivity index (χ0) is 15.6. The fraction of sp³-hybridized carbons (Fsp3) is 0.286. The summed E-state index contributed by atoms with van der Waals surface area (Å²) >= 11 is 11.9. The van der Waals surface area contributed by atoms with Crippen LogP contribution >= 0.6 is 23.2 Å². The van der Waals surface area contributed by atoms with Crippen LogP contribution in [0.4, 0.5) is 0 Å². The van der Waals surface area contributed by atoms with E-state index in [4.69, 9.17) is 28.3 Å². The van der Waals surface area contributed by atoms with Gasteiger partial charge in [-0.25, -0.2) is 15.0 Å². The molecule has 0 fully saturated rings. The lowest BCUT2D eigenvalue weighted by Gasteiger charge is -2.10. The van der Waals surface area contributed by atoms with Gasteiger partial charge in [-0.1, -0.05) is 23.2 Å². The predicted octanol–water partition coefficient (Wildman–Crippen LogP) is 3.48. The van der Waals surface area contributed by atoms with Crippen LogP contribution in [-0.4, -0.2) is 26.0 Å². The third-order valence-electron chi connectivity index (χ3n) is 3.03. The lowest BCUT2D eigenvalue weighted by molar-refractivity contribution is -0.136. The van der Waals surface area contributed by atoms with E-state index in [1.54, 1.807) is 6.07 Å². The largest absolute Gasteiger partial charge is 0.481 e. The molecule has 2 aromatic heterocycles. The van der Waals surface area contributed by atoms with Gasteiger partial charge in [-0.15, -0.1) is 0 Å². The van der Waals surface area contributed by atoms with Crippen LogP contribution in [0.1, 0.15) is 23.4 Å². The van der Waals surface area contributed by atoms with Crippen LogP contribution in [0.25, 0.3) is 11.5 Å².